The second-order valence-corrected chi connectivity index (χ2v) is 7.98. The van der Waals surface area contributed by atoms with Crippen LogP contribution < -0.4 is 10.2 Å². The average molecular weight is 416 g/mol. The van der Waals surface area contributed by atoms with Gasteiger partial charge in [0.05, 0.1) is 11.4 Å². The number of amidine groups is 1. The number of rotatable bonds is 6. The molecule has 0 aliphatic carbocycles. The molecule has 3 aromatic rings. The molecule has 0 unspecified atom stereocenters. The van der Waals surface area contributed by atoms with Gasteiger partial charge in [-0.15, -0.1) is 0 Å². The minimum atomic E-state index is -0.511. The van der Waals surface area contributed by atoms with Crippen LogP contribution in [0.2, 0.25) is 0 Å². The van der Waals surface area contributed by atoms with E-state index in [1.54, 1.807) is 4.90 Å². The van der Waals surface area contributed by atoms with Gasteiger partial charge in [0.1, 0.15) is 5.25 Å². The highest BCUT2D eigenvalue weighted by molar-refractivity contribution is 8.16. The zero-order valence-electron chi connectivity index (χ0n) is 16.3. The number of thioether (sulfide) groups is 1. The van der Waals surface area contributed by atoms with Gasteiger partial charge in [-0.25, -0.2) is 4.99 Å². The molecule has 0 spiro atoms. The minimum absolute atomic E-state index is 0.105. The van der Waals surface area contributed by atoms with E-state index in [9.17, 15) is 9.59 Å². The maximum Gasteiger partial charge on any atom is 0.247 e. The number of carbonyl (C=O) groups excluding carboxylic acids is 2. The summed E-state index contributed by atoms with van der Waals surface area (Å²) in [6.07, 6.45) is 0.105. The number of para-hydroxylation sites is 2. The molecular formula is C24H21N3O2S. The van der Waals surface area contributed by atoms with E-state index in [0.29, 0.717) is 11.7 Å². The monoisotopic (exact) mass is 415 g/mol. The van der Waals surface area contributed by atoms with Gasteiger partial charge in [-0.05, 0) is 29.8 Å². The first-order chi connectivity index (χ1) is 14.7. The summed E-state index contributed by atoms with van der Waals surface area (Å²) >= 11 is 1.33. The smallest absolute Gasteiger partial charge is 0.247 e. The van der Waals surface area contributed by atoms with Crippen molar-refractivity contribution in [3.63, 3.8) is 0 Å². The first-order valence-corrected chi connectivity index (χ1v) is 10.6. The second-order valence-electron chi connectivity index (χ2n) is 6.81. The molecule has 0 saturated carbocycles. The van der Waals surface area contributed by atoms with E-state index in [1.807, 2.05) is 91.0 Å². The van der Waals surface area contributed by atoms with Crippen LogP contribution in [0, 0.1) is 0 Å². The molecule has 0 bridgehead atoms. The lowest BCUT2D eigenvalue weighted by Crippen LogP contribution is -2.34. The normalized spacial score (nSPS) is 17.3. The Morgan fingerprint density at radius 1 is 0.900 bits per heavy atom. The Morgan fingerprint density at radius 3 is 2.17 bits per heavy atom. The molecule has 5 nitrogen and oxygen atoms in total. The summed E-state index contributed by atoms with van der Waals surface area (Å²) in [5.74, 6) is -0.283. The first kappa shape index (κ1) is 19.9. The average Bonchev–Trinajstić information content (AvgIpc) is 3.08. The zero-order valence-corrected chi connectivity index (χ0v) is 17.1. The second kappa shape index (κ2) is 9.41. The molecule has 150 valence electrons. The third-order valence-corrected chi connectivity index (χ3v) is 5.77. The van der Waals surface area contributed by atoms with Crippen LogP contribution in [0.3, 0.4) is 0 Å². The van der Waals surface area contributed by atoms with Crippen molar-refractivity contribution >= 4 is 40.1 Å². The summed E-state index contributed by atoms with van der Waals surface area (Å²) in [5, 5.41) is 2.97. The van der Waals surface area contributed by atoms with Crippen LogP contribution in [0.5, 0.6) is 0 Å². The van der Waals surface area contributed by atoms with Crippen LogP contribution >= 0.6 is 11.8 Å². The van der Waals surface area contributed by atoms with Gasteiger partial charge in [0.15, 0.2) is 5.17 Å². The van der Waals surface area contributed by atoms with Gasteiger partial charge in [-0.3, -0.25) is 14.5 Å². The molecule has 2 amide bonds. The van der Waals surface area contributed by atoms with Gasteiger partial charge in [0, 0.05) is 13.0 Å². The van der Waals surface area contributed by atoms with Crippen LogP contribution in [0.25, 0.3) is 0 Å². The van der Waals surface area contributed by atoms with E-state index >= 15 is 0 Å². The van der Waals surface area contributed by atoms with Crippen LogP contribution in [0.4, 0.5) is 11.4 Å². The summed E-state index contributed by atoms with van der Waals surface area (Å²) in [5.41, 5.74) is 2.54. The molecule has 1 aliphatic rings. The van der Waals surface area contributed by atoms with Crippen LogP contribution in [0.1, 0.15) is 12.0 Å². The molecule has 1 atom stereocenters. The summed E-state index contributed by atoms with van der Waals surface area (Å²) in [4.78, 5) is 31.9. The molecule has 1 heterocycles. The molecule has 1 fully saturated rings. The van der Waals surface area contributed by atoms with Crippen LogP contribution in [-0.2, 0) is 16.1 Å². The van der Waals surface area contributed by atoms with E-state index in [4.69, 9.17) is 0 Å². The Balaban J connectivity index is 1.51. The highest BCUT2D eigenvalue weighted by Crippen LogP contribution is 2.35. The summed E-state index contributed by atoms with van der Waals surface area (Å²) in [7, 11) is 0. The quantitative estimate of drug-likeness (QED) is 0.643. The fourth-order valence-corrected chi connectivity index (χ4v) is 4.29. The SMILES string of the molecule is O=C(C[C@@H]1SC(=Nc2ccccc2)N(c2ccccc2)C1=O)NCc1ccccc1. The fourth-order valence-electron chi connectivity index (χ4n) is 3.14. The Bertz CT molecular complexity index is 1040. The van der Waals surface area contributed by atoms with Gasteiger partial charge in [-0.1, -0.05) is 78.5 Å². The molecule has 1 N–H and O–H groups in total. The lowest BCUT2D eigenvalue weighted by Gasteiger charge is -2.16. The van der Waals surface area contributed by atoms with E-state index in [0.717, 1.165) is 16.9 Å². The fraction of sp³-hybridized carbons (Fsp3) is 0.125. The van der Waals surface area contributed by atoms with Gasteiger partial charge >= 0.3 is 0 Å². The number of carbonyl (C=O) groups is 2. The molecule has 0 radical (unpaired) electrons. The highest BCUT2D eigenvalue weighted by Gasteiger charge is 2.40. The number of nitrogens with one attached hydrogen (secondary N) is 1. The van der Waals surface area contributed by atoms with Crippen molar-refractivity contribution in [1.82, 2.24) is 5.32 Å². The molecule has 4 rings (SSSR count). The topological polar surface area (TPSA) is 61.8 Å². The number of nitrogens with zero attached hydrogens (tertiary/aromatic N) is 2. The number of amides is 2. The number of hydrogen-bond acceptors (Lipinski definition) is 4. The van der Waals surface area contributed by atoms with Crippen molar-refractivity contribution in [2.45, 2.75) is 18.2 Å². The lowest BCUT2D eigenvalue weighted by molar-refractivity contribution is -0.124. The van der Waals surface area contributed by atoms with E-state index in [1.165, 1.54) is 11.8 Å². The molecule has 6 heteroatoms. The predicted molar refractivity (Wildman–Crippen MR) is 122 cm³/mol. The summed E-state index contributed by atoms with van der Waals surface area (Å²) in [6.45, 7) is 0.443. The van der Waals surface area contributed by atoms with Gasteiger partial charge in [0.2, 0.25) is 11.8 Å². The summed E-state index contributed by atoms with van der Waals surface area (Å²) < 4.78 is 0. The van der Waals surface area contributed by atoms with Gasteiger partial charge in [-0.2, -0.15) is 0 Å². The minimum Gasteiger partial charge on any atom is -0.352 e. The van der Waals surface area contributed by atoms with Crippen molar-refractivity contribution in [1.29, 1.82) is 0 Å². The van der Waals surface area contributed by atoms with Crippen molar-refractivity contribution in [2.24, 2.45) is 4.99 Å². The van der Waals surface area contributed by atoms with E-state index in [-0.39, 0.29) is 18.2 Å². The van der Waals surface area contributed by atoms with Crippen LogP contribution in [-0.4, -0.2) is 22.2 Å². The molecular weight excluding hydrogens is 394 g/mol. The largest absolute Gasteiger partial charge is 0.352 e. The Hall–Kier alpha value is -3.38. The number of hydrogen-bond donors (Lipinski definition) is 1. The molecule has 1 saturated heterocycles. The number of benzene rings is 3. The van der Waals surface area contributed by atoms with Crippen LogP contribution in [0.15, 0.2) is 96.0 Å². The lowest BCUT2D eigenvalue weighted by atomic mass is 10.2. The van der Waals surface area contributed by atoms with Crippen molar-refractivity contribution in [3.05, 3.63) is 96.6 Å². The maximum absolute atomic E-state index is 13.2. The maximum atomic E-state index is 13.2. The first-order valence-electron chi connectivity index (χ1n) is 9.71. The van der Waals surface area contributed by atoms with E-state index in [2.05, 4.69) is 10.3 Å². The van der Waals surface area contributed by atoms with Gasteiger partial charge in [0.25, 0.3) is 0 Å². The Kier molecular flexibility index (Phi) is 6.25. The zero-order chi connectivity index (χ0) is 20.8. The van der Waals surface area contributed by atoms with E-state index < -0.39 is 5.25 Å². The molecule has 0 aromatic heterocycles. The van der Waals surface area contributed by atoms with Crippen molar-refractivity contribution in [3.8, 4) is 0 Å². The highest BCUT2D eigenvalue weighted by atomic mass is 32.2. The van der Waals surface area contributed by atoms with Gasteiger partial charge < -0.3 is 5.32 Å². The Labute approximate surface area is 179 Å². The standard InChI is InChI=1S/C24H21N3O2S/c28-22(25-17-18-10-4-1-5-11-18)16-21-23(29)27(20-14-8-3-9-15-20)24(30-21)26-19-12-6-2-7-13-19/h1-15,21H,16-17H2,(H,25,28)/t21-/m0/s1. The Morgan fingerprint density at radius 2 is 1.50 bits per heavy atom. The molecule has 30 heavy (non-hydrogen) atoms. The summed E-state index contributed by atoms with van der Waals surface area (Å²) in [6, 6.07) is 28.6. The third-order valence-electron chi connectivity index (χ3n) is 4.63. The predicted octanol–water partition coefficient (Wildman–Crippen LogP) is 4.53. The number of aliphatic imine (C=N–C) groups is 1. The van der Waals surface area contributed by atoms with Crippen molar-refractivity contribution in [2.75, 3.05) is 4.90 Å². The number of anilines is 1. The van der Waals surface area contributed by atoms with Crippen molar-refractivity contribution < 1.29 is 9.59 Å². The molecule has 1 aliphatic heterocycles. The molecule has 3 aromatic carbocycles. The third kappa shape index (κ3) is 4.78.